The van der Waals surface area contributed by atoms with Gasteiger partial charge in [0.1, 0.15) is 5.54 Å². The molecule has 7 radical (unpaired) electrons. The minimum Gasteiger partial charge on any atom is -0.468 e. The van der Waals surface area contributed by atoms with E-state index in [4.69, 9.17) is 28.7 Å². The highest BCUT2D eigenvalue weighted by molar-refractivity contribution is 7.60. The van der Waals surface area contributed by atoms with Gasteiger partial charge in [0.05, 0.1) is 7.11 Å². The van der Waals surface area contributed by atoms with E-state index in [1.54, 1.807) is 6.92 Å². The number of hydrogen-bond acceptors (Lipinski definition) is 3. The van der Waals surface area contributed by atoms with Gasteiger partial charge in [0, 0.05) is 41.6 Å². The smallest absolute Gasteiger partial charge is 0.317 e. The van der Waals surface area contributed by atoms with Crippen LogP contribution in [0.5, 0.6) is 0 Å². The van der Waals surface area contributed by atoms with Crippen molar-refractivity contribution in [3.8, 4) is 0 Å². The van der Waals surface area contributed by atoms with E-state index < -0.39 is 17.9 Å². The van der Waals surface area contributed by atoms with E-state index >= 15 is 0 Å². The first-order chi connectivity index (χ1) is 9.89. The molecule has 0 saturated carbocycles. The van der Waals surface area contributed by atoms with E-state index in [0.29, 0.717) is 6.42 Å². The monoisotopic (exact) mass is 274 g/mol. The second kappa shape index (κ2) is 10.1. The first-order valence-electron chi connectivity index (χ1n) is 6.14. The van der Waals surface area contributed by atoms with E-state index in [2.05, 4.69) is 14.8 Å². The van der Waals surface area contributed by atoms with Gasteiger partial charge in [-0.05, 0) is 24.4 Å². The van der Waals surface area contributed by atoms with Crippen LogP contribution in [-0.4, -0.2) is 55.3 Å². The van der Waals surface area contributed by atoms with Crippen LogP contribution in [0.4, 0.5) is 0 Å². The van der Waals surface area contributed by atoms with Gasteiger partial charge in [0.15, 0.2) is 0 Å². The molecule has 0 fully saturated rings. The van der Waals surface area contributed by atoms with Crippen LogP contribution in [0.15, 0.2) is 35.4 Å². The predicted octanol–water partition coefficient (Wildman–Crippen LogP) is 0.567. The fraction of sp³-hybridized carbons (Fsp3) is 0.364. The lowest BCUT2D eigenvalue weighted by molar-refractivity contribution is -0.146. The molecule has 10 heteroatoms. The third kappa shape index (κ3) is 7.61. The predicted molar refractivity (Wildman–Crippen MR) is 88.5 cm³/mol. The summed E-state index contributed by atoms with van der Waals surface area (Å²) in [6.07, 6.45) is -0.139. The van der Waals surface area contributed by atoms with Crippen molar-refractivity contribution in [2.45, 2.75) is 18.9 Å². The van der Waals surface area contributed by atoms with Gasteiger partial charge in [-0.1, -0.05) is 35.4 Å². The van der Waals surface area contributed by atoms with Crippen LogP contribution in [-0.2, 0) is 16.0 Å². The number of ether oxygens (including phenoxy) is 1. The average Bonchev–Trinajstić information content (AvgIpc) is 2.48. The zero-order valence-electron chi connectivity index (χ0n) is 12.1. The Balaban J connectivity index is 0.000000690. The van der Waals surface area contributed by atoms with Crippen LogP contribution in [0.3, 0.4) is 0 Å². The highest BCUT2D eigenvalue weighted by atomic mass is 16.5. The Morgan fingerprint density at radius 1 is 1.48 bits per heavy atom. The molecule has 5 nitrogen and oxygen atoms in total. The lowest BCUT2D eigenvalue weighted by Gasteiger charge is -2.20. The summed E-state index contributed by atoms with van der Waals surface area (Å²) in [6.45, 7) is 1.56. The Hall–Kier alpha value is -1.68. The Kier molecular flexibility index (Phi) is 9.30. The summed E-state index contributed by atoms with van der Waals surface area (Å²) in [6, 6.07) is 9.35. The summed E-state index contributed by atoms with van der Waals surface area (Å²) in [7, 11) is 17.1. The third-order valence-corrected chi connectivity index (χ3v) is 2.50. The number of methoxy groups -OCH3 is 1. The number of benzene rings is 1. The minimum atomic E-state index is -1.19. The molecular formula is C11H13B5N3O2. The van der Waals surface area contributed by atoms with Crippen molar-refractivity contribution < 1.29 is 9.53 Å². The molecule has 1 unspecified atom stereocenters. The molecule has 1 aromatic carbocycles. The summed E-state index contributed by atoms with van der Waals surface area (Å²) >= 11 is 0. The number of hydrogen-bond donors (Lipinski definition) is 0. The highest BCUT2D eigenvalue weighted by Crippen LogP contribution is 2.19. The number of esters is 1. The highest BCUT2D eigenvalue weighted by Gasteiger charge is 2.33. The molecule has 1 aromatic rings. The zero-order chi connectivity index (χ0) is 16.3. The average molecular weight is 273 g/mol. The molecule has 0 aliphatic heterocycles. The van der Waals surface area contributed by atoms with Gasteiger partial charge >= 0.3 is 5.97 Å². The van der Waals surface area contributed by atoms with Crippen LogP contribution in [0.25, 0.3) is 10.4 Å². The van der Waals surface area contributed by atoms with E-state index in [0.717, 1.165) is 5.56 Å². The molecule has 0 heterocycles. The third-order valence-electron chi connectivity index (χ3n) is 2.50. The van der Waals surface area contributed by atoms with Gasteiger partial charge in [-0.3, -0.25) is 4.79 Å². The topological polar surface area (TPSA) is 75.1 Å². The van der Waals surface area contributed by atoms with Crippen LogP contribution >= 0.6 is 0 Å². The summed E-state index contributed by atoms with van der Waals surface area (Å²) in [5.41, 5.74) is 8.20. The number of azide groups is 1. The van der Waals surface area contributed by atoms with Gasteiger partial charge in [-0.15, -0.1) is 0 Å². The molecule has 0 aromatic heterocycles. The van der Waals surface area contributed by atoms with Crippen molar-refractivity contribution in [3.05, 3.63) is 46.3 Å². The fourth-order valence-corrected chi connectivity index (χ4v) is 1.46. The van der Waals surface area contributed by atoms with Crippen LogP contribution < -0.4 is 0 Å². The zero-order valence-corrected chi connectivity index (χ0v) is 12.1. The molecule has 0 amide bonds. The first kappa shape index (κ1) is 19.3. The molecule has 0 aliphatic rings. The number of nitrogens with zero attached hydrogens (tertiary/aromatic N) is 3. The second-order valence-corrected chi connectivity index (χ2v) is 4.39. The molecule has 1 atom stereocenters. The summed E-state index contributed by atoms with van der Waals surface area (Å²) in [5, 5.41) is 3.53. The first-order valence-corrected chi connectivity index (χ1v) is 6.14. The van der Waals surface area contributed by atoms with Crippen molar-refractivity contribution in [2.24, 2.45) is 5.11 Å². The van der Waals surface area contributed by atoms with Crippen LogP contribution in [0.2, 0.25) is 0 Å². The van der Waals surface area contributed by atoms with E-state index in [-0.39, 0.29) is 0 Å². The number of carbonyl (C=O) groups is 1. The number of carbonyl (C=O) groups excluding carboxylic acids is 1. The van der Waals surface area contributed by atoms with E-state index in [1.807, 2.05) is 30.3 Å². The minimum absolute atomic E-state index is 0.324. The SMILES string of the molecule is COC(=O)C(C)(Cc1ccccc1)N=[N+]=[N-].[B][B]B([B])[B]. The Morgan fingerprint density at radius 3 is 2.38 bits per heavy atom. The summed E-state index contributed by atoms with van der Waals surface area (Å²) < 4.78 is 4.64. The summed E-state index contributed by atoms with van der Waals surface area (Å²) in [5.74, 6) is -0.533. The molecule has 99 valence electrons. The maximum absolute atomic E-state index is 11.5. The van der Waals surface area contributed by atoms with Gasteiger partial charge < -0.3 is 4.74 Å². The van der Waals surface area contributed by atoms with Crippen molar-refractivity contribution in [1.29, 1.82) is 0 Å². The normalized spacial score (nSPS) is 11.7. The maximum atomic E-state index is 11.5. The Bertz CT molecular complexity index is 482. The van der Waals surface area contributed by atoms with E-state index in [9.17, 15) is 4.79 Å². The standard InChI is InChI=1S/C11H13N3O2.B5/c1-11(13-14-12,10(15)16-2)8-9-6-4-3-5-7-9;1-4-5(2)3/h3-7H,8H2,1-2H3;. The fourth-order valence-electron chi connectivity index (χ4n) is 1.46. The van der Waals surface area contributed by atoms with Gasteiger partial charge in [0.25, 0.3) is 0 Å². The molecular weight excluding hydrogens is 260 g/mol. The van der Waals surface area contributed by atoms with Crippen LogP contribution in [0.1, 0.15) is 12.5 Å². The molecule has 0 aliphatic carbocycles. The lowest BCUT2D eigenvalue weighted by Crippen LogP contribution is -2.36. The summed E-state index contributed by atoms with van der Waals surface area (Å²) in [4.78, 5) is 14.2. The van der Waals surface area contributed by atoms with Crippen molar-refractivity contribution in [3.63, 3.8) is 0 Å². The molecule has 1 rings (SSSR count). The molecule has 0 bridgehead atoms. The molecule has 0 spiro atoms. The van der Waals surface area contributed by atoms with Crippen molar-refractivity contribution in [1.82, 2.24) is 0 Å². The second-order valence-electron chi connectivity index (χ2n) is 4.39. The Morgan fingerprint density at radius 2 is 2.00 bits per heavy atom. The maximum Gasteiger partial charge on any atom is 0.317 e. The molecule has 21 heavy (non-hydrogen) atoms. The quantitative estimate of drug-likeness (QED) is 0.258. The number of rotatable bonds is 5. The van der Waals surface area contributed by atoms with Gasteiger partial charge in [0.2, 0.25) is 0 Å². The largest absolute Gasteiger partial charge is 0.468 e. The molecule has 0 N–H and O–H groups in total. The van der Waals surface area contributed by atoms with Crippen molar-refractivity contribution >= 4 is 42.6 Å². The molecule has 0 saturated heterocycles. The van der Waals surface area contributed by atoms with Gasteiger partial charge in [-0.25, -0.2) is 0 Å². The Labute approximate surface area is 130 Å². The lowest BCUT2D eigenvalue weighted by atomic mass is 8.97. The van der Waals surface area contributed by atoms with Crippen molar-refractivity contribution in [2.75, 3.05) is 7.11 Å². The van der Waals surface area contributed by atoms with Gasteiger partial charge in [-0.2, -0.15) is 0 Å². The van der Waals surface area contributed by atoms with E-state index in [1.165, 1.54) is 14.2 Å². The van der Waals surface area contributed by atoms with Crippen LogP contribution in [0, 0.1) is 0 Å².